The number of ether oxygens (including phenoxy) is 1. The molecule has 0 spiro atoms. The second-order valence-corrected chi connectivity index (χ2v) is 7.47. The van der Waals surface area contributed by atoms with Crippen LogP contribution in [-0.4, -0.2) is 40.6 Å². The van der Waals surface area contributed by atoms with Crippen molar-refractivity contribution in [3.63, 3.8) is 0 Å². The molecular formula is C19H26N2O4S. The summed E-state index contributed by atoms with van der Waals surface area (Å²) in [4.78, 5) is 16.3. The number of rotatable bonds is 10. The van der Waals surface area contributed by atoms with Gasteiger partial charge in [0.05, 0.1) is 11.4 Å². The number of hydrogen-bond acceptors (Lipinski definition) is 5. The lowest BCUT2D eigenvalue weighted by Crippen LogP contribution is -2.30. The highest BCUT2D eigenvalue weighted by Gasteiger charge is 2.16. The van der Waals surface area contributed by atoms with Crippen LogP contribution in [0, 0.1) is 13.8 Å². The first-order chi connectivity index (χ1) is 12.5. The van der Waals surface area contributed by atoms with Gasteiger partial charge in [0.15, 0.2) is 0 Å². The Morgan fingerprint density at radius 1 is 1.27 bits per heavy atom. The molecule has 0 radical (unpaired) electrons. The predicted octanol–water partition coefficient (Wildman–Crippen LogP) is 2.75. The molecule has 0 aliphatic carbocycles. The molecule has 2 aromatic rings. The lowest BCUT2D eigenvalue weighted by Gasteiger charge is -2.05. The molecule has 1 heterocycles. The van der Waals surface area contributed by atoms with Gasteiger partial charge in [0, 0.05) is 36.1 Å². The van der Waals surface area contributed by atoms with Gasteiger partial charge in [0.2, 0.25) is 11.8 Å². The van der Waals surface area contributed by atoms with Gasteiger partial charge in [-0.15, -0.1) is 0 Å². The summed E-state index contributed by atoms with van der Waals surface area (Å²) < 4.78 is 23.1. The molecule has 1 unspecified atom stereocenters. The molecule has 1 aromatic carbocycles. The maximum absolute atomic E-state index is 12.2. The minimum Gasteiger partial charge on any atom is -0.441 e. The Bertz CT molecular complexity index is 740. The second kappa shape index (κ2) is 10.2. The predicted molar refractivity (Wildman–Crippen MR) is 102 cm³/mol. The summed E-state index contributed by atoms with van der Waals surface area (Å²) in [6, 6.07) is 7.86. The van der Waals surface area contributed by atoms with Gasteiger partial charge in [-0.2, -0.15) is 0 Å². The fourth-order valence-electron chi connectivity index (χ4n) is 2.33. The van der Waals surface area contributed by atoms with E-state index in [0.717, 1.165) is 17.5 Å². The van der Waals surface area contributed by atoms with E-state index in [4.69, 9.17) is 9.15 Å². The maximum atomic E-state index is 12.2. The van der Waals surface area contributed by atoms with Gasteiger partial charge in [-0.25, -0.2) is 4.98 Å². The zero-order valence-electron chi connectivity index (χ0n) is 15.5. The average Bonchev–Trinajstić information content (AvgIpc) is 2.95. The van der Waals surface area contributed by atoms with Crippen LogP contribution in [0.15, 0.2) is 28.7 Å². The molecule has 1 N–H and O–H groups in total. The second-order valence-electron chi connectivity index (χ2n) is 6.02. The minimum atomic E-state index is -1.33. The molecule has 26 heavy (non-hydrogen) atoms. The molecule has 1 atom stereocenters. The van der Waals surface area contributed by atoms with E-state index in [0.29, 0.717) is 37.1 Å². The van der Waals surface area contributed by atoms with Gasteiger partial charge >= 0.3 is 0 Å². The van der Waals surface area contributed by atoms with Crippen molar-refractivity contribution < 1.29 is 18.2 Å². The van der Waals surface area contributed by atoms with E-state index in [1.165, 1.54) is 0 Å². The van der Waals surface area contributed by atoms with E-state index in [1.807, 2.05) is 38.1 Å². The molecule has 0 saturated carbocycles. The number of aryl methyl sites for hydroxylation is 2. The number of hydrogen-bond donors (Lipinski definition) is 1. The van der Waals surface area contributed by atoms with E-state index in [-0.39, 0.29) is 17.4 Å². The van der Waals surface area contributed by atoms with Crippen LogP contribution in [0.4, 0.5) is 0 Å². The Balaban J connectivity index is 1.85. The topological polar surface area (TPSA) is 81.4 Å². The van der Waals surface area contributed by atoms with Crippen LogP contribution in [0.3, 0.4) is 0 Å². The van der Waals surface area contributed by atoms with Crippen LogP contribution in [-0.2, 0) is 26.1 Å². The summed E-state index contributed by atoms with van der Waals surface area (Å²) in [5.41, 5.74) is 2.66. The molecule has 7 heteroatoms. The third kappa shape index (κ3) is 6.38. The average molecular weight is 378 g/mol. The zero-order chi connectivity index (χ0) is 18.9. The number of nitrogens with zero attached hydrogens (tertiary/aromatic N) is 1. The third-order valence-corrected chi connectivity index (χ3v) is 4.95. The molecule has 0 bridgehead atoms. The van der Waals surface area contributed by atoms with E-state index in [9.17, 15) is 9.00 Å². The van der Waals surface area contributed by atoms with Crippen LogP contribution in [0.5, 0.6) is 0 Å². The van der Waals surface area contributed by atoms with Crippen LogP contribution in [0.25, 0.3) is 11.5 Å². The first kappa shape index (κ1) is 20.3. The molecule has 142 valence electrons. The standard InChI is InChI=1S/C19H26N2O4S/c1-4-24-11-5-10-20-18(22)13-26(23)12-17-15(3)25-19(21-17)16-8-6-14(2)7-9-16/h6-9H,4-5,10-13H2,1-3H3,(H,20,22). The minimum absolute atomic E-state index is 0.0409. The summed E-state index contributed by atoms with van der Waals surface area (Å²) in [6.07, 6.45) is 0.745. The summed E-state index contributed by atoms with van der Waals surface area (Å²) in [6.45, 7) is 7.54. The normalized spacial score (nSPS) is 12.1. The zero-order valence-corrected chi connectivity index (χ0v) is 16.4. The van der Waals surface area contributed by atoms with Crippen molar-refractivity contribution in [1.82, 2.24) is 10.3 Å². The number of carbonyl (C=O) groups is 1. The Kier molecular flexibility index (Phi) is 8.00. The summed E-state index contributed by atoms with van der Waals surface area (Å²) in [5.74, 6) is 1.08. The largest absolute Gasteiger partial charge is 0.441 e. The van der Waals surface area contributed by atoms with Crippen molar-refractivity contribution in [2.45, 2.75) is 32.9 Å². The lowest BCUT2D eigenvalue weighted by molar-refractivity contribution is -0.118. The highest BCUT2D eigenvalue weighted by molar-refractivity contribution is 7.84. The Morgan fingerprint density at radius 3 is 2.69 bits per heavy atom. The van der Waals surface area contributed by atoms with E-state index >= 15 is 0 Å². The molecule has 0 saturated heterocycles. The molecule has 1 aromatic heterocycles. The highest BCUT2D eigenvalue weighted by atomic mass is 32.2. The molecule has 6 nitrogen and oxygen atoms in total. The monoisotopic (exact) mass is 378 g/mol. The van der Waals surface area contributed by atoms with Gasteiger partial charge < -0.3 is 14.5 Å². The Morgan fingerprint density at radius 2 is 2.00 bits per heavy atom. The van der Waals surface area contributed by atoms with Crippen LogP contribution in [0.1, 0.15) is 30.4 Å². The number of benzene rings is 1. The molecule has 1 amide bonds. The smallest absolute Gasteiger partial charge is 0.232 e. The van der Waals surface area contributed by atoms with Crippen molar-refractivity contribution in [2.75, 3.05) is 25.5 Å². The van der Waals surface area contributed by atoms with Crippen LogP contribution in [0.2, 0.25) is 0 Å². The van der Waals surface area contributed by atoms with Gasteiger partial charge in [0.25, 0.3) is 0 Å². The van der Waals surface area contributed by atoms with E-state index < -0.39 is 10.8 Å². The fourth-order valence-corrected chi connectivity index (χ4v) is 3.40. The molecule has 0 aliphatic heterocycles. The molecule has 0 fully saturated rings. The lowest BCUT2D eigenvalue weighted by atomic mass is 10.1. The summed E-state index contributed by atoms with van der Waals surface area (Å²) in [7, 11) is -1.33. The van der Waals surface area contributed by atoms with Crippen molar-refractivity contribution in [3.05, 3.63) is 41.3 Å². The number of amides is 1. The van der Waals surface area contributed by atoms with E-state index in [2.05, 4.69) is 10.3 Å². The summed E-state index contributed by atoms with van der Waals surface area (Å²) in [5, 5.41) is 2.75. The number of oxazole rings is 1. The number of aromatic nitrogens is 1. The van der Waals surface area contributed by atoms with Crippen molar-refractivity contribution >= 4 is 16.7 Å². The molecule has 2 rings (SSSR count). The first-order valence-corrected chi connectivity index (χ1v) is 10.2. The third-order valence-electron chi connectivity index (χ3n) is 3.77. The van der Waals surface area contributed by atoms with Crippen molar-refractivity contribution in [2.24, 2.45) is 0 Å². The van der Waals surface area contributed by atoms with Gasteiger partial charge in [-0.1, -0.05) is 17.7 Å². The van der Waals surface area contributed by atoms with Crippen LogP contribution >= 0.6 is 0 Å². The SMILES string of the molecule is CCOCCCNC(=O)CS(=O)Cc1nc(-c2ccc(C)cc2)oc1C. The van der Waals surface area contributed by atoms with Gasteiger partial charge in [0.1, 0.15) is 11.5 Å². The van der Waals surface area contributed by atoms with Crippen LogP contribution < -0.4 is 5.32 Å². The molecular weight excluding hydrogens is 352 g/mol. The van der Waals surface area contributed by atoms with Crippen molar-refractivity contribution in [1.29, 1.82) is 0 Å². The van der Waals surface area contributed by atoms with Gasteiger partial charge in [-0.3, -0.25) is 9.00 Å². The fraction of sp³-hybridized carbons (Fsp3) is 0.474. The maximum Gasteiger partial charge on any atom is 0.232 e. The van der Waals surface area contributed by atoms with Gasteiger partial charge in [-0.05, 0) is 39.3 Å². The first-order valence-electron chi connectivity index (χ1n) is 8.72. The molecule has 0 aliphatic rings. The number of carbonyl (C=O) groups excluding carboxylic acids is 1. The summed E-state index contributed by atoms with van der Waals surface area (Å²) >= 11 is 0. The quantitative estimate of drug-likeness (QED) is 0.643. The van der Waals surface area contributed by atoms with Crippen molar-refractivity contribution in [3.8, 4) is 11.5 Å². The number of nitrogens with one attached hydrogen (secondary N) is 1. The Hall–Kier alpha value is -1.99. The van der Waals surface area contributed by atoms with E-state index in [1.54, 1.807) is 6.92 Å². The highest BCUT2D eigenvalue weighted by Crippen LogP contribution is 2.22. The Labute approximate surface area is 156 Å².